The predicted octanol–water partition coefficient (Wildman–Crippen LogP) is 4.94. The van der Waals surface area contributed by atoms with Crippen molar-refractivity contribution in [3.63, 3.8) is 0 Å². The molecule has 0 amide bonds. The standard InChI is InChI=1S/C17H18Cl2NO4/c1-9(2)23-15-7-11(12(18)8-13(15)19)16-17(21)10-5-3-4-6-14(10)24-20(16)22/h7-9,16H,3-6H2,1-2H3/q+1. The summed E-state index contributed by atoms with van der Waals surface area (Å²) in [7, 11) is 0. The summed E-state index contributed by atoms with van der Waals surface area (Å²) in [6.45, 7) is 3.72. The van der Waals surface area contributed by atoms with Crippen molar-refractivity contribution >= 4 is 29.0 Å². The Bertz CT molecular complexity index is 742. The number of ketones is 1. The maximum Gasteiger partial charge on any atom is 0.345 e. The summed E-state index contributed by atoms with van der Waals surface area (Å²) in [5.74, 6) is 0.614. The van der Waals surface area contributed by atoms with Crippen LogP contribution in [0, 0.1) is 4.91 Å². The minimum Gasteiger partial charge on any atom is -0.489 e. The van der Waals surface area contributed by atoms with Gasteiger partial charge >= 0.3 is 6.04 Å². The molecule has 0 aromatic heterocycles. The second-order valence-electron chi connectivity index (χ2n) is 6.22. The third kappa shape index (κ3) is 3.15. The SMILES string of the molecule is CC(C)Oc1cc(C2C(=O)C3=C(CCCC3)O[N+]2=O)c(Cl)cc1Cl. The number of hydrogen-bond acceptors (Lipinski definition) is 4. The number of carbonyl (C=O) groups excluding carboxylic acids is 1. The van der Waals surface area contributed by atoms with Crippen LogP contribution in [0.1, 0.15) is 51.1 Å². The van der Waals surface area contributed by atoms with Gasteiger partial charge in [-0.05, 0) is 45.2 Å². The molecule has 7 heteroatoms. The van der Waals surface area contributed by atoms with Crippen LogP contribution in [0.3, 0.4) is 0 Å². The summed E-state index contributed by atoms with van der Waals surface area (Å²) in [5.41, 5.74) is 0.935. The van der Waals surface area contributed by atoms with Crippen LogP contribution in [-0.2, 0) is 9.63 Å². The van der Waals surface area contributed by atoms with Crippen LogP contribution < -0.4 is 4.74 Å². The van der Waals surface area contributed by atoms with Crippen LogP contribution in [0.2, 0.25) is 10.0 Å². The maximum atomic E-state index is 12.8. The number of hydrogen-bond donors (Lipinski definition) is 0. The molecule has 1 atom stereocenters. The smallest absolute Gasteiger partial charge is 0.345 e. The lowest BCUT2D eigenvalue weighted by Gasteiger charge is -2.22. The third-order valence-corrected chi connectivity index (χ3v) is 4.71. The zero-order valence-electron chi connectivity index (χ0n) is 13.5. The molecule has 1 aromatic rings. The summed E-state index contributed by atoms with van der Waals surface area (Å²) in [5, 5.41) is 0.565. The molecule has 0 radical (unpaired) electrons. The highest BCUT2D eigenvalue weighted by molar-refractivity contribution is 6.36. The van der Waals surface area contributed by atoms with E-state index in [9.17, 15) is 9.70 Å². The number of carbonyl (C=O) groups is 1. The fourth-order valence-corrected chi connectivity index (χ4v) is 3.55. The van der Waals surface area contributed by atoms with Gasteiger partial charge in [-0.1, -0.05) is 23.2 Å². The lowest BCUT2D eigenvalue weighted by molar-refractivity contribution is -0.813. The Labute approximate surface area is 150 Å². The Hall–Kier alpha value is -1.59. The first-order chi connectivity index (χ1) is 11.4. The first-order valence-electron chi connectivity index (χ1n) is 7.94. The van der Waals surface area contributed by atoms with Crippen molar-refractivity contribution in [3.05, 3.63) is 44.0 Å². The van der Waals surface area contributed by atoms with Crippen molar-refractivity contribution in [2.45, 2.75) is 51.7 Å². The molecular formula is C17H18Cl2NO4+. The zero-order chi connectivity index (χ0) is 17.4. The lowest BCUT2D eigenvalue weighted by Crippen LogP contribution is -2.33. The number of Topliss-reactive ketones (excluding diaryl/α,β-unsaturated/α-hetero) is 1. The predicted molar refractivity (Wildman–Crippen MR) is 90.2 cm³/mol. The van der Waals surface area contributed by atoms with Crippen LogP contribution in [0.5, 0.6) is 5.75 Å². The van der Waals surface area contributed by atoms with Crippen LogP contribution in [0.15, 0.2) is 23.5 Å². The highest BCUT2D eigenvalue weighted by Crippen LogP contribution is 2.41. The van der Waals surface area contributed by atoms with E-state index >= 15 is 0 Å². The molecule has 1 unspecified atom stereocenters. The van der Waals surface area contributed by atoms with Gasteiger partial charge in [0.05, 0.1) is 26.6 Å². The summed E-state index contributed by atoms with van der Waals surface area (Å²) in [6.07, 6.45) is 2.96. The fraction of sp³-hybridized carbons (Fsp3) is 0.471. The molecule has 0 saturated heterocycles. The average molecular weight is 371 g/mol. The van der Waals surface area contributed by atoms with E-state index in [1.54, 1.807) is 6.07 Å². The number of nitrogens with zero attached hydrogens (tertiary/aromatic N) is 1. The lowest BCUT2D eigenvalue weighted by atomic mass is 9.88. The van der Waals surface area contributed by atoms with E-state index in [4.69, 9.17) is 32.8 Å². The van der Waals surface area contributed by atoms with E-state index in [2.05, 4.69) is 0 Å². The van der Waals surface area contributed by atoms with Gasteiger partial charge in [-0.25, -0.2) is 0 Å². The summed E-state index contributed by atoms with van der Waals surface area (Å²) in [6, 6.07) is 1.90. The van der Waals surface area contributed by atoms with Crippen molar-refractivity contribution < 1.29 is 19.3 Å². The molecular weight excluding hydrogens is 353 g/mol. The molecule has 0 spiro atoms. The highest BCUT2D eigenvalue weighted by Gasteiger charge is 2.48. The normalized spacial score (nSPS) is 21.0. The minimum absolute atomic E-state index is 0.106. The fourth-order valence-electron chi connectivity index (χ4n) is 3.01. The topological polar surface area (TPSA) is 55.6 Å². The van der Waals surface area contributed by atoms with E-state index in [0.717, 1.165) is 12.8 Å². The Morgan fingerprint density at radius 3 is 2.62 bits per heavy atom. The van der Waals surface area contributed by atoms with Crippen molar-refractivity contribution in [3.8, 4) is 5.75 Å². The number of benzene rings is 1. The van der Waals surface area contributed by atoms with Gasteiger partial charge in [-0.2, -0.15) is 4.84 Å². The average Bonchev–Trinajstić information content (AvgIpc) is 2.51. The van der Waals surface area contributed by atoms with Gasteiger partial charge in [0.2, 0.25) is 10.7 Å². The van der Waals surface area contributed by atoms with Crippen molar-refractivity contribution in [1.29, 1.82) is 0 Å². The molecule has 0 saturated carbocycles. The van der Waals surface area contributed by atoms with Crippen LogP contribution in [0.4, 0.5) is 0 Å². The van der Waals surface area contributed by atoms with E-state index in [0.29, 0.717) is 45.4 Å². The first kappa shape index (κ1) is 17.2. The van der Waals surface area contributed by atoms with E-state index in [1.807, 2.05) is 13.8 Å². The Morgan fingerprint density at radius 2 is 1.92 bits per heavy atom. The largest absolute Gasteiger partial charge is 0.489 e. The molecule has 24 heavy (non-hydrogen) atoms. The van der Waals surface area contributed by atoms with Gasteiger partial charge in [-0.3, -0.25) is 4.79 Å². The maximum absolute atomic E-state index is 12.8. The van der Waals surface area contributed by atoms with Crippen LogP contribution >= 0.6 is 23.2 Å². The van der Waals surface area contributed by atoms with Gasteiger partial charge < -0.3 is 4.74 Å². The molecule has 0 N–H and O–H groups in total. The molecule has 0 bridgehead atoms. The molecule has 1 heterocycles. The summed E-state index contributed by atoms with van der Waals surface area (Å²) in [4.78, 5) is 30.8. The molecule has 128 valence electrons. The number of ether oxygens (including phenoxy) is 1. The molecule has 1 aliphatic carbocycles. The molecule has 2 aliphatic rings. The number of halogens is 2. The van der Waals surface area contributed by atoms with Gasteiger partial charge in [0.25, 0.3) is 0 Å². The van der Waals surface area contributed by atoms with E-state index in [1.165, 1.54) is 6.07 Å². The monoisotopic (exact) mass is 370 g/mol. The quantitative estimate of drug-likeness (QED) is 0.755. The molecule has 1 aromatic carbocycles. The second kappa shape index (κ2) is 6.73. The van der Waals surface area contributed by atoms with Crippen LogP contribution in [-0.4, -0.2) is 16.8 Å². The first-order valence-corrected chi connectivity index (χ1v) is 8.70. The van der Waals surface area contributed by atoms with Gasteiger partial charge in [0.1, 0.15) is 5.75 Å². The Morgan fingerprint density at radius 1 is 1.21 bits per heavy atom. The minimum atomic E-state index is -1.14. The Kier molecular flexibility index (Phi) is 4.83. The highest BCUT2D eigenvalue weighted by atomic mass is 35.5. The van der Waals surface area contributed by atoms with Gasteiger partial charge in [0.15, 0.2) is 5.76 Å². The van der Waals surface area contributed by atoms with Gasteiger partial charge in [-0.15, -0.1) is 0 Å². The molecule has 1 aliphatic heterocycles. The summed E-state index contributed by atoms with van der Waals surface area (Å²) < 4.78 is 5.63. The van der Waals surface area contributed by atoms with E-state index < -0.39 is 6.04 Å². The molecule has 5 nitrogen and oxygen atoms in total. The number of rotatable bonds is 3. The van der Waals surface area contributed by atoms with Crippen molar-refractivity contribution in [2.24, 2.45) is 0 Å². The molecule has 3 rings (SSSR count). The van der Waals surface area contributed by atoms with Crippen molar-refractivity contribution in [2.75, 3.05) is 0 Å². The van der Waals surface area contributed by atoms with Crippen LogP contribution in [0.25, 0.3) is 0 Å². The van der Waals surface area contributed by atoms with Crippen molar-refractivity contribution in [1.82, 2.24) is 0 Å². The third-order valence-electron chi connectivity index (χ3n) is 4.08. The Balaban J connectivity index is 2.03. The second-order valence-corrected chi connectivity index (χ2v) is 7.04. The zero-order valence-corrected chi connectivity index (χ0v) is 15.0. The van der Waals surface area contributed by atoms with E-state index in [-0.39, 0.29) is 16.9 Å². The molecule has 0 fully saturated rings. The number of allylic oxidation sites excluding steroid dienone is 1. The van der Waals surface area contributed by atoms with Gasteiger partial charge in [0, 0.05) is 12.0 Å². The summed E-state index contributed by atoms with van der Waals surface area (Å²) >= 11 is 12.4.